The van der Waals surface area contributed by atoms with E-state index in [0.29, 0.717) is 26.1 Å². The van der Waals surface area contributed by atoms with Crippen molar-refractivity contribution in [1.29, 1.82) is 0 Å². The summed E-state index contributed by atoms with van der Waals surface area (Å²) < 4.78 is 0. The monoisotopic (exact) mass is 286 g/mol. The van der Waals surface area contributed by atoms with Gasteiger partial charge in [0.1, 0.15) is 0 Å². The number of hydrogen-bond acceptors (Lipinski definition) is 4. The quantitative estimate of drug-likeness (QED) is 0.607. The molecule has 0 bridgehead atoms. The molecular weight excluding hydrogens is 256 g/mol. The first-order valence-electron chi connectivity index (χ1n) is 7.14. The van der Waals surface area contributed by atoms with Crippen LogP contribution in [0, 0.1) is 0 Å². The Morgan fingerprint density at radius 1 is 0.900 bits per heavy atom. The lowest BCUT2D eigenvalue weighted by Crippen LogP contribution is -2.37. The number of likely N-dealkylation sites (N-methyl/N-ethyl adjacent to an activating group) is 1. The van der Waals surface area contributed by atoms with E-state index in [-0.39, 0.29) is 11.8 Å². The molecule has 0 radical (unpaired) electrons. The lowest BCUT2D eigenvalue weighted by atomic mass is 10.3. The van der Waals surface area contributed by atoms with Crippen LogP contribution < -0.4 is 5.32 Å². The fourth-order valence-electron chi connectivity index (χ4n) is 1.75. The van der Waals surface area contributed by atoms with E-state index in [4.69, 9.17) is 0 Å². The number of amides is 2. The third kappa shape index (κ3) is 10.8. The lowest BCUT2D eigenvalue weighted by Gasteiger charge is -2.22. The van der Waals surface area contributed by atoms with Gasteiger partial charge in [-0.1, -0.05) is 0 Å². The van der Waals surface area contributed by atoms with E-state index in [1.54, 1.807) is 11.8 Å². The van der Waals surface area contributed by atoms with Crippen LogP contribution in [-0.4, -0.2) is 87.4 Å². The first kappa shape index (κ1) is 18.9. The van der Waals surface area contributed by atoms with E-state index >= 15 is 0 Å². The molecule has 0 aliphatic carbocycles. The fraction of sp³-hybridized carbons (Fsp3) is 0.857. The van der Waals surface area contributed by atoms with Crippen LogP contribution in [0.1, 0.15) is 19.8 Å². The molecular formula is C14H30N4O2. The highest BCUT2D eigenvalue weighted by Crippen LogP contribution is 1.96. The van der Waals surface area contributed by atoms with Crippen molar-refractivity contribution in [2.75, 3.05) is 60.9 Å². The summed E-state index contributed by atoms with van der Waals surface area (Å²) >= 11 is 0. The number of hydrogen-bond donors (Lipinski definition) is 1. The van der Waals surface area contributed by atoms with Crippen molar-refractivity contribution in [3.8, 4) is 0 Å². The highest BCUT2D eigenvalue weighted by Gasteiger charge is 2.10. The summed E-state index contributed by atoms with van der Waals surface area (Å²) in [5.41, 5.74) is 0. The van der Waals surface area contributed by atoms with Crippen molar-refractivity contribution in [3.63, 3.8) is 0 Å². The Morgan fingerprint density at radius 2 is 1.50 bits per heavy atom. The van der Waals surface area contributed by atoms with Gasteiger partial charge in [-0.25, -0.2) is 0 Å². The van der Waals surface area contributed by atoms with Gasteiger partial charge in [-0.15, -0.1) is 0 Å². The Morgan fingerprint density at radius 3 is 2.00 bits per heavy atom. The van der Waals surface area contributed by atoms with Crippen LogP contribution in [-0.2, 0) is 9.59 Å². The van der Waals surface area contributed by atoms with Crippen LogP contribution in [0.5, 0.6) is 0 Å². The van der Waals surface area contributed by atoms with E-state index in [1.165, 1.54) is 0 Å². The highest BCUT2D eigenvalue weighted by molar-refractivity contribution is 5.77. The van der Waals surface area contributed by atoms with E-state index in [1.807, 2.05) is 33.1 Å². The molecule has 2 amide bonds. The summed E-state index contributed by atoms with van der Waals surface area (Å²) in [5, 5.41) is 2.86. The Bertz CT molecular complexity index is 293. The maximum Gasteiger partial charge on any atom is 0.221 e. The lowest BCUT2D eigenvalue weighted by molar-refractivity contribution is -0.129. The summed E-state index contributed by atoms with van der Waals surface area (Å²) in [6.07, 6.45) is 1.30. The molecule has 118 valence electrons. The molecule has 0 aromatic carbocycles. The molecule has 1 N–H and O–H groups in total. The minimum atomic E-state index is 0.00529. The average Bonchev–Trinajstić information content (AvgIpc) is 2.32. The summed E-state index contributed by atoms with van der Waals surface area (Å²) in [6, 6.07) is 0. The molecule has 0 aliphatic heterocycles. The second kappa shape index (κ2) is 10.6. The van der Waals surface area contributed by atoms with Crippen LogP contribution in [0.2, 0.25) is 0 Å². The second-order valence-electron chi connectivity index (χ2n) is 5.57. The van der Waals surface area contributed by atoms with Gasteiger partial charge in [-0.05, 0) is 41.2 Å². The zero-order valence-electron chi connectivity index (χ0n) is 13.6. The van der Waals surface area contributed by atoms with Crippen LogP contribution in [0.25, 0.3) is 0 Å². The molecule has 6 nitrogen and oxygen atoms in total. The number of nitrogens with one attached hydrogen (secondary N) is 1. The smallest absolute Gasteiger partial charge is 0.221 e. The molecule has 6 heteroatoms. The summed E-state index contributed by atoms with van der Waals surface area (Å²) in [6.45, 7) is 5.17. The zero-order chi connectivity index (χ0) is 15.5. The Balaban J connectivity index is 3.89. The standard InChI is InChI=1S/C14H30N4O2/c1-13(19)18(10-6-9-16(2)3)11-7-14(20)15-8-12-17(4)5/h6-12H2,1-5H3,(H,15,20). The van der Waals surface area contributed by atoms with Crippen LogP contribution in [0.15, 0.2) is 0 Å². The van der Waals surface area contributed by atoms with Crippen LogP contribution in [0.4, 0.5) is 0 Å². The molecule has 0 saturated heterocycles. The number of nitrogens with zero attached hydrogens (tertiary/aromatic N) is 3. The maximum absolute atomic E-state index is 11.7. The van der Waals surface area contributed by atoms with Crippen LogP contribution >= 0.6 is 0 Å². The van der Waals surface area contributed by atoms with Gasteiger partial charge in [0, 0.05) is 39.5 Å². The molecule has 0 aromatic heterocycles. The minimum absolute atomic E-state index is 0.00529. The normalized spacial score (nSPS) is 10.9. The number of rotatable bonds is 10. The fourth-order valence-corrected chi connectivity index (χ4v) is 1.75. The third-order valence-electron chi connectivity index (χ3n) is 2.97. The van der Waals surface area contributed by atoms with Crippen molar-refractivity contribution >= 4 is 11.8 Å². The van der Waals surface area contributed by atoms with Gasteiger partial charge >= 0.3 is 0 Å². The molecule has 0 aromatic rings. The number of carbonyl (C=O) groups is 2. The molecule has 0 aliphatic rings. The maximum atomic E-state index is 11.7. The summed E-state index contributed by atoms with van der Waals surface area (Å²) in [5.74, 6) is 0.0376. The van der Waals surface area contributed by atoms with E-state index in [9.17, 15) is 9.59 Å². The van der Waals surface area contributed by atoms with Gasteiger partial charge in [0.25, 0.3) is 0 Å². The van der Waals surface area contributed by atoms with Crippen molar-refractivity contribution in [1.82, 2.24) is 20.0 Å². The van der Waals surface area contributed by atoms with Gasteiger partial charge in [-0.3, -0.25) is 9.59 Å². The predicted molar refractivity (Wildman–Crippen MR) is 81.6 cm³/mol. The highest BCUT2D eigenvalue weighted by atomic mass is 16.2. The van der Waals surface area contributed by atoms with Gasteiger partial charge in [0.05, 0.1) is 0 Å². The molecule has 0 atom stereocenters. The van der Waals surface area contributed by atoms with Gasteiger partial charge in [0.15, 0.2) is 0 Å². The third-order valence-corrected chi connectivity index (χ3v) is 2.97. The van der Waals surface area contributed by atoms with E-state index in [2.05, 4.69) is 10.2 Å². The van der Waals surface area contributed by atoms with E-state index in [0.717, 1.165) is 19.5 Å². The minimum Gasteiger partial charge on any atom is -0.355 e. The van der Waals surface area contributed by atoms with Crippen molar-refractivity contribution in [2.45, 2.75) is 19.8 Å². The van der Waals surface area contributed by atoms with Gasteiger partial charge < -0.3 is 20.0 Å². The van der Waals surface area contributed by atoms with Crippen molar-refractivity contribution in [3.05, 3.63) is 0 Å². The molecule has 0 fully saturated rings. The Kier molecular flexibility index (Phi) is 10.0. The van der Waals surface area contributed by atoms with E-state index < -0.39 is 0 Å². The predicted octanol–water partition coefficient (Wildman–Crippen LogP) is -0.145. The van der Waals surface area contributed by atoms with Gasteiger partial charge in [-0.2, -0.15) is 0 Å². The average molecular weight is 286 g/mol. The molecule has 20 heavy (non-hydrogen) atoms. The Hall–Kier alpha value is -1.14. The first-order chi connectivity index (χ1) is 9.32. The largest absolute Gasteiger partial charge is 0.355 e. The second-order valence-corrected chi connectivity index (χ2v) is 5.57. The Labute approximate surface area is 123 Å². The molecule has 0 rings (SSSR count). The first-order valence-corrected chi connectivity index (χ1v) is 7.14. The van der Waals surface area contributed by atoms with Crippen molar-refractivity contribution in [2.24, 2.45) is 0 Å². The van der Waals surface area contributed by atoms with Crippen molar-refractivity contribution < 1.29 is 9.59 Å². The molecule has 0 saturated carbocycles. The van der Waals surface area contributed by atoms with Gasteiger partial charge in [0.2, 0.25) is 11.8 Å². The molecule has 0 spiro atoms. The zero-order valence-corrected chi connectivity index (χ0v) is 13.6. The molecule has 0 heterocycles. The number of carbonyl (C=O) groups excluding carboxylic acids is 2. The SMILES string of the molecule is CC(=O)N(CCCN(C)C)CCC(=O)NCCN(C)C. The summed E-state index contributed by atoms with van der Waals surface area (Å²) in [4.78, 5) is 29.0. The topological polar surface area (TPSA) is 55.9 Å². The summed E-state index contributed by atoms with van der Waals surface area (Å²) in [7, 11) is 7.95. The molecule has 0 unspecified atom stereocenters. The van der Waals surface area contributed by atoms with Crippen LogP contribution in [0.3, 0.4) is 0 Å².